The van der Waals surface area contributed by atoms with Crippen molar-refractivity contribution in [2.24, 2.45) is 0 Å². The molecule has 2 heterocycles. The number of rotatable bonds is 5. The minimum absolute atomic E-state index is 0.755. The van der Waals surface area contributed by atoms with E-state index in [4.69, 9.17) is 0 Å². The van der Waals surface area contributed by atoms with Crippen LogP contribution in [-0.4, -0.2) is 17.1 Å². The molecule has 94 valence electrons. The molecule has 1 fully saturated rings. The first-order valence-corrected chi connectivity index (χ1v) is 7.03. The van der Waals surface area contributed by atoms with Gasteiger partial charge < -0.3 is 5.32 Å². The molecule has 0 bridgehead atoms. The van der Waals surface area contributed by atoms with E-state index in [1.54, 1.807) is 0 Å². The van der Waals surface area contributed by atoms with E-state index in [9.17, 15) is 0 Å². The fourth-order valence-electron chi connectivity index (χ4n) is 2.76. The molecule has 0 aromatic carbocycles. The first kappa shape index (κ1) is 12.6. The summed E-state index contributed by atoms with van der Waals surface area (Å²) in [6.45, 7) is 2.29. The first-order chi connectivity index (χ1) is 8.38. The van der Waals surface area contributed by atoms with Crippen molar-refractivity contribution in [2.45, 2.75) is 64.0 Å². The van der Waals surface area contributed by atoms with E-state index >= 15 is 0 Å². The molecule has 2 nitrogen and oxygen atoms in total. The third-order valence-electron chi connectivity index (χ3n) is 3.81. The van der Waals surface area contributed by atoms with Gasteiger partial charge >= 0.3 is 0 Å². The van der Waals surface area contributed by atoms with Crippen molar-refractivity contribution in [3.05, 3.63) is 30.1 Å². The van der Waals surface area contributed by atoms with E-state index in [1.165, 1.54) is 50.5 Å². The van der Waals surface area contributed by atoms with Crippen molar-refractivity contribution >= 4 is 0 Å². The summed E-state index contributed by atoms with van der Waals surface area (Å²) in [7, 11) is 0. The molecule has 1 aliphatic heterocycles. The zero-order valence-electron chi connectivity index (χ0n) is 10.9. The monoisotopic (exact) mass is 232 g/mol. The molecule has 2 rings (SSSR count). The second-order valence-electron chi connectivity index (χ2n) is 5.15. The lowest BCUT2D eigenvalue weighted by molar-refractivity contribution is 0.298. The van der Waals surface area contributed by atoms with Crippen LogP contribution in [0.15, 0.2) is 24.5 Å². The standard InChI is InChI=1S/C15H24N2/c1-2-14-8-4-10-15(17-14)9-3-6-13-7-5-11-16-12-13/h5,7,11-12,14-15,17H,2-4,6,8-10H2,1H3. The summed E-state index contributed by atoms with van der Waals surface area (Å²) in [5, 5.41) is 3.77. The number of aromatic nitrogens is 1. The molecular weight excluding hydrogens is 208 g/mol. The van der Waals surface area contributed by atoms with E-state index in [1.807, 2.05) is 18.5 Å². The van der Waals surface area contributed by atoms with Crippen LogP contribution in [0.3, 0.4) is 0 Å². The fraction of sp³-hybridized carbons (Fsp3) is 0.667. The maximum atomic E-state index is 4.16. The van der Waals surface area contributed by atoms with Crippen LogP contribution in [-0.2, 0) is 6.42 Å². The minimum Gasteiger partial charge on any atom is -0.311 e. The highest BCUT2D eigenvalue weighted by atomic mass is 15.0. The lowest BCUT2D eigenvalue weighted by Gasteiger charge is -2.30. The number of hydrogen-bond acceptors (Lipinski definition) is 2. The number of piperidine rings is 1. The van der Waals surface area contributed by atoms with E-state index in [0.717, 1.165) is 12.1 Å². The molecule has 0 spiro atoms. The quantitative estimate of drug-likeness (QED) is 0.842. The van der Waals surface area contributed by atoms with Crippen LogP contribution in [0, 0.1) is 0 Å². The average molecular weight is 232 g/mol. The zero-order chi connectivity index (χ0) is 11.9. The van der Waals surface area contributed by atoms with E-state index in [2.05, 4.69) is 23.3 Å². The van der Waals surface area contributed by atoms with Gasteiger partial charge in [-0.1, -0.05) is 19.4 Å². The van der Waals surface area contributed by atoms with Gasteiger partial charge in [0, 0.05) is 24.5 Å². The van der Waals surface area contributed by atoms with Gasteiger partial charge in [0.15, 0.2) is 0 Å². The molecule has 0 amide bonds. The second-order valence-corrected chi connectivity index (χ2v) is 5.15. The van der Waals surface area contributed by atoms with E-state index < -0.39 is 0 Å². The van der Waals surface area contributed by atoms with Crippen LogP contribution in [0.5, 0.6) is 0 Å². The molecule has 2 atom stereocenters. The maximum absolute atomic E-state index is 4.16. The van der Waals surface area contributed by atoms with Crippen molar-refractivity contribution < 1.29 is 0 Å². The molecule has 1 aromatic heterocycles. The molecule has 0 radical (unpaired) electrons. The Balaban J connectivity index is 1.68. The topological polar surface area (TPSA) is 24.9 Å². The summed E-state index contributed by atoms with van der Waals surface area (Å²) in [6, 6.07) is 5.73. The largest absolute Gasteiger partial charge is 0.311 e. The van der Waals surface area contributed by atoms with Crippen LogP contribution in [0.1, 0.15) is 51.0 Å². The highest BCUT2D eigenvalue weighted by Crippen LogP contribution is 2.18. The SMILES string of the molecule is CCC1CCCC(CCCc2cccnc2)N1. The lowest BCUT2D eigenvalue weighted by atomic mass is 9.93. The molecule has 17 heavy (non-hydrogen) atoms. The highest BCUT2D eigenvalue weighted by molar-refractivity contribution is 5.08. The lowest BCUT2D eigenvalue weighted by Crippen LogP contribution is -2.41. The Hall–Kier alpha value is -0.890. The first-order valence-electron chi connectivity index (χ1n) is 7.03. The van der Waals surface area contributed by atoms with Crippen molar-refractivity contribution in [3.8, 4) is 0 Å². The Labute approximate surface area is 105 Å². The molecule has 1 aliphatic rings. The Morgan fingerprint density at radius 2 is 2.24 bits per heavy atom. The minimum atomic E-state index is 0.755. The Bertz CT molecular complexity index is 310. The van der Waals surface area contributed by atoms with Crippen LogP contribution in [0.25, 0.3) is 0 Å². The van der Waals surface area contributed by atoms with Gasteiger partial charge in [-0.3, -0.25) is 4.98 Å². The third kappa shape index (κ3) is 4.12. The van der Waals surface area contributed by atoms with Gasteiger partial charge in [-0.2, -0.15) is 0 Å². The third-order valence-corrected chi connectivity index (χ3v) is 3.81. The number of pyridine rings is 1. The van der Waals surface area contributed by atoms with Gasteiger partial charge in [-0.05, 0) is 50.2 Å². The van der Waals surface area contributed by atoms with Gasteiger partial charge in [0.2, 0.25) is 0 Å². The smallest absolute Gasteiger partial charge is 0.0299 e. The van der Waals surface area contributed by atoms with Crippen molar-refractivity contribution in [2.75, 3.05) is 0 Å². The molecule has 1 N–H and O–H groups in total. The number of nitrogens with zero attached hydrogens (tertiary/aromatic N) is 1. The molecule has 1 aromatic rings. The summed E-state index contributed by atoms with van der Waals surface area (Å²) in [5.41, 5.74) is 1.37. The van der Waals surface area contributed by atoms with Gasteiger partial charge in [0.25, 0.3) is 0 Å². The van der Waals surface area contributed by atoms with Gasteiger partial charge in [0.1, 0.15) is 0 Å². The normalized spacial score (nSPS) is 24.8. The summed E-state index contributed by atoms with van der Waals surface area (Å²) >= 11 is 0. The Morgan fingerprint density at radius 1 is 1.35 bits per heavy atom. The van der Waals surface area contributed by atoms with E-state index in [-0.39, 0.29) is 0 Å². The molecule has 0 saturated carbocycles. The number of nitrogens with one attached hydrogen (secondary N) is 1. The molecule has 0 aliphatic carbocycles. The molecule has 2 heteroatoms. The van der Waals surface area contributed by atoms with E-state index in [0.29, 0.717) is 0 Å². The summed E-state index contributed by atoms with van der Waals surface area (Å²) in [6.07, 6.45) is 13.0. The summed E-state index contributed by atoms with van der Waals surface area (Å²) < 4.78 is 0. The van der Waals surface area contributed by atoms with Gasteiger partial charge in [-0.25, -0.2) is 0 Å². The van der Waals surface area contributed by atoms with Crippen LogP contribution >= 0.6 is 0 Å². The fourth-order valence-corrected chi connectivity index (χ4v) is 2.76. The summed E-state index contributed by atoms with van der Waals surface area (Å²) in [4.78, 5) is 4.16. The number of hydrogen-bond donors (Lipinski definition) is 1. The predicted molar refractivity (Wildman–Crippen MR) is 72.0 cm³/mol. The number of aryl methyl sites for hydroxylation is 1. The second kappa shape index (κ2) is 6.75. The Morgan fingerprint density at radius 3 is 3.00 bits per heavy atom. The van der Waals surface area contributed by atoms with Crippen LogP contribution in [0.2, 0.25) is 0 Å². The van der Waals surface area contributed by atoms with Crippen molar-refractivity contribution in [1.82, 2.24) is 10.3 Å². The van der Waals surface area contributed by atoms with Gasteiger partial charge in [0.05, 0.1) is 0 Å². The van der Waals surface area contributed by atoms with Crippen LogP contribution in [0.4, 0.5) is 0 Å². The van der Waals surface area contributed by atoms with Crippen molar-refractivity contribution in [3.63, 3.8) is 0 Å². The zero-order valence-corrected chi connectivity index (χ0v) is 10.9. The highest BCUT2D eigenvalue weighted by Gasteiger charge is 2.18. The average Bonchev–Trinajstić information content (AvgIpc) is 2.40. The van der Waals surface area contributed by atoms with Crippen molar-refractivity contribution in [1.29, 1.82) is 0 Å². The Kier molecular flexibility index (Phi) is 4.99. The maximum Gasteiger partial charge on any atom is 0.0299 e. The van der Waals surface area contributed by atoms with Gasteiger partial charge in [-0.15, -0.1) is 0 Å². The molecular formula is C15H24N2. The molecule has 1 saturated heterocycles. The molecule has 2 unspecified atom stereocenters. The predicted octanol–water partition coefficient (Wildman–Crippen LogP) is 3.33. The summed E-state index contributed by atoms with van der Waals surface area (Å²) in [5.74, 6) is 0. The van der Waals surface area contributed by atoms with Crippen LogP contribution < -0.4 is 5.32 Å².